The van der Waals surface area contributed by atoms with Gasteiger partial charge in [-0.05, 0) is 94.8 Å². The van der Waals surface area contributed by atoms with Gasteiger partial charge in [-0.3, -0.25) is 0 Å². The van der Waals surface area contributed by atoms with Crippen LogP contribution in [0.1, 0.15) is 121 Å². The van der Waals surface area contributed by atoms with Gasteiger partial charge in [0.25, 0.3) is 0 Å². The molecule has 0 saturated heterocycles. The van der Waals surface area contributed by atoms with E-state index in [0.29, 0.717) is 12.2 Å². The minimum Gasteiger partial charge on any atom is -0.494 e. The van der Waals surface area contributed by atoms with Crippen LogP contribution in [0, 0.1) is 11.3 Å². The minimum atomic E-state index is 0.679. The summed E-state index contributed by atoms with van der Waals surface area (Å²) >= 11 is 3.54. The molecule has 0 atom stereocenters. The van der Waals surface area contributed by atoms with Crippen molar-refractivity contribution in [3.05, 3.63) is 127 Å². The molecule has 0 radical (unpaired) electrons. The maximum atomic E-state index is 9.03. The van der Waals surface area contributed by atoms with Gasteiger partial charge in [0.1, 0.15) is 17.2 Å². The number of benzene rings is 6. The van der Waals surface area contributed by atoms with Gasteiger partial charge in [-0.25, -0.2) is 0 Å². The fraction of sp³-hybridized carbons (Fsp3) is 0.400. The number of unbranched alkanes of at least 4 members (excludes halogenated alkanes) is 16. The lowest BCUT2D eigenvalue weighted by Crippen LogP contribution is -2.02. The van der Waals surface area contributed by atoms with Crippen LogP contribution in [0.2, 0.25) is 0 Å². The van der Waals surface area contributed by atoms with E-state index in [4.69, 9.17) is 19.5 Å². The van der Waals surface area contributed by atoms with Gasteiger partial charge in [0.2, 0.25) is 0 Å². The topological polar surface area (TPSA) is 51.5 Å². The Morgan fingerprint density at radius 1 is 0.383 bits per heavy atom. The summed E-state index contributed by atoms with van der Waals surface area (Å²) in [5, 5.41) is 15.0. The van der Waals surface area contributed by atoms with E-state index in [9.17, 15) is 0 Å². The molecule has 60 heavy (non-hydrogen) atoms. The number of hydrogen-bond acceptors (Lipinski definition) is 4. The SMILES string of the molecule is N#Cc1ccc(-c2ccc(OCCCCCCCCCCCOc3ccc4ccccc4c3-c3c(OCCCCCCCCCCCBr)ccc4ccccc34)cc2)cc1. The highest BCUT2D eigenvalue weighted by molar-refractivity contribution is 9.09. The number of alkyl halides is 1. The number of ether oxygens (including phenoxy) is 3. The number of nitrogens with zero attached hydrogens (tertiary/aromatic N) is 1. The Kier molecular flexibility index (Phi) is 19.2. The van der Waals surface area contributed by atoms with Crippen molar-refractivity contribution in [2.75, 3.05) is 25.2 Å². The second kappa shape index (κ2) is 25.7. The molecule has 0 bridgehead atoms. The van der Waals surface area contributed by atoms with Crippen molar-refractivity contribution in [3.63, 3.8) is 0 Å². The summed E-state index contributed by atoms with van der Waals surface area (Å²) in [6, 6.07) is 44.2. The smallest absolute Gasteiger partial charge is 0.127 e. The molecule has 0 aliphatic heterocycles. The molecule has 314 valence electrons. The summed E-state index contributed by atoms with van der Waals surface area (Å²) < 4.78 is 19.4. The Labute approximate surface area is 368 Å². The van der Waals surface area contributed by atoms with Crippen molar-refractivity contribution in [1.29, 1.82) is 5.26 Å². The average Bonchev–Trinajstić information content (AvgIpc) is 3.29. The van der Waals surface area contributed by atoms with E-state index in [1.54, 1.807) is 0 Å². The Hall–Kier alpha value is -4.79. The molecule has 0 aromatic heterocycles. The second-order valence-electron chi connectivity index (χ2n) is 16.1. The van der Waals surface area contributed by atoms with E-state index in [1.807, 2.05) is 36.4 Å². The number of halogens is 1. The number of rotatable bonds is 28. The molecular weight excluding hydrogens is 803 g/mol. The van der Waals surface area contributed by atoms with Crippen LogP contribution in [0.25, 0.3) is 43.8 Å². The molecule has 0 saturated carbocycles. The van der Waals surface area contributed by atoms with Crippen LogP contribution in [-0.4, -0.2) is 25.2 Å². The van der Waals surface area contributed by atoms with Gasteiger partial charge in [-0.1, -0.05) is 191 Å². The van der Waals surface area contributed by atoms with E-state index in [2.05, 4.69) is 107 Å². The van der Waals surface area contributed by atoms with Crippen molar-refractivity contribution in [2.24, 2.45) is 0 Å². The highest BCUT2D eigenvalue weighted by Crippen LogP contribution is 2.45. The van der Waals surface area contributed by atoms with Gasteiger partial charge in [-0.2, -0.15) is 5.26 Å². The first kappa shape index (κ1) is 44.8. The molecule has 4 nitrogen and oxygen atoms in total. The highest BCUT2D eigenvalue weighted by atomic mass is 79.9. The standard InChI is InChI=1S/C55H64BrNO3/c56-39-19-11-7-3-1-4-9-13-21-41-59-52-37-33-47-23-15-17-25-50(47)54(52)55-51-26-18-16-24-48(51)34-38-53(55)60-42-22-14-10-6-2-5-8-12-20-40-58-49-35-31-46(32-36-49)45-29-27-44(43-57)28-30-45/h15-18,23-38H,1-14,19-22,39-42H2. The van der Waals surface area contributed by atoms with Gasteiger partial charge < -0.3 is 14.2 Å². The Balaban J connectivity index is 0.918. The van der Waals surface area contributed by atoms with E-state index in [0.717, 1.165) is 77.3 Å². The van der Waals surface area contributed by atoms with Crippen LogP contribution in [0.4, 0.5) is 0 Å². The Bertz CT molecular complexity index is 2190. The highest BCUT2D eigenvalue weighted by Gasteiger charge is 2.19. The largest absolute Gasteiger partial charge is 0.494 e. The minimum absolute atomic E-state index is 0.679. The molecule has 0 fully saturated rings. The summed E-state index contributed by atoms with van der Waals surface area (Å²) in [7, 11) is 0. The Morgan fingerprint density at radius 3 is 1.20 bits per heavy atom. The number of nitriles is 1. The summed E-state index contributed by atoms with van der Waals surface area (Å²) in [4.78, 5) is 0. The first-order valence-corrected chi connectivity index (χ1v) is 24.0. The van der Waals surface area contributed by atoms with Gasteiger partial charge in [0.05, 0.1) is 31.5 Å². The molecule has 0 spiro atoms. The molecule has 0 aliphatic rings. The van der Waals surface area contributed by atoms with E-state index in [1.165, 1.54) is 118 Å². The van der Waals surface area contributed by atoms with Crippen molar-refractivity contribution in [1.82, 2.24) is 0 Å². The molecule has 6 aromatic rings. The molecule has 6 rings (SSSR count). The van der Waals surface area contributed by atoms with Crippen molar-refractivity contribution in [2.45, 2.75) is 116 Å². The fourth-order valence-electron chi connectivity index (χ4n) is 8.17. The Morgan fingerprint density at radius 2 is 0.767 bits per heavy atom. The van der Waals surface area contributed by atoms with Gasteiger partial charge in [0, 0.05) is 16.5 Å². The maximum Gasteiger partial charge on any atom is 0.127 e. The molecular formula is C55H64BrNO3. The third kappa shape index (κ3) is 13.9. The van der Waals surface area contributed by atoms with E-state index in [-0.39, 0.29) is 0 Å². The zero-order valence-corrected chi connectivity index (χ0v) is 37.2. The van der Waals surface area contributed by atoms with E-state index >= 15 is 0 Å². The zero-order valence-electron chi connectivity index (χ0n) is 35.7. The molecule has 0 aliphatic carbocycles. The van der Waals surface area contributed by atoms with Crippen LogP contribution in [0.15, 0.2) is 121 Å². The summed E-state index contributed by atoms with van der Waals surface area (Å²) in [6.07, 6.45) is 22.5. The van der Waals surface area contributed by atoms with Crippen molar-refractivity contribution >= 4 is 37.5 Å². The number of hydrogen-bond donors (Lipinski definition) is 0. The van der Waals surface area contributed by atoms with Gasteiger partial charge in [0.15, 0.2) is 0 Å². The summed E-state index contributed by atoms with van der Waals surface area (Å²) in [6.45, 7) is 2.19. The summed E-state index contributed by atoms with van der Waals surface area (Å²) in [5.41, 5.74) is 5.20. The van der Waals surface area contributed by atoms with E-state index < -0.39 is 0 Å². The number of fused-ring (bicyclic) bond motifs is 2. The zero-order chi connectivity index (χ0) is 41.5. The van der Waals surface area contributed by atoms with Crippen LogP contribution in [0.3, 0.4) is 0 Å². The third-order valence-electron chi connectivity index (χ3n) is 11.6. The quantitative estimate of drug-likeness (QED) is 0.0364. The maximum absolute atomic E-state index is 9.03. The first-order chi connectivity index (χ1) is 29.7. The normalized spacial score (nSPS) is 11.2. The molecule has 0 unspecified atom stereocenters. The molecule has 6 aromatic carbocycles. The van der Waals surface area contributed by atoms with Crippen molar-refractivity contribution in [3.8, 4) is 45.6 Å². The monoisotopic (exact) mass is 865 g/mol. The average molecular weight is 867 g/mol. The third-order valence-corrected chi connectivity index (χ3v) is 12.1. The van der Waals surface area contributed by atoms with Crippen LogP contribution in [-0.2, 0) is 0 Å². The van der Waals surface area contributed by atoms with Crippen LogP contribution < -0.4 is 14.2 Å². The van der Waals surface area contributed by atoms with Gasteiger partial charge >= 0.3 is 0 Å². The second-order valence-corrected chi connectivity index (χ2v) is 16.9. The predicted molar refractivity (Wildman–Crippen MR) is 257 cm³/mol. The van der Waals surface area contributed by atoms with Crippen LogP contribution >= 0.6 is 15.9 Å². The van der Waals surface area contributed by atoms with Crippen LogP contribution in [0.5, 0.6) is 17.2 Å². The lowest BCUT2D eigenvalue weighted by molar-refractivity contribution is 0.301. The fourth-order valence-corrected chi connectivity index (χ4v) is 8.57. The van der Waals surface area contributed by atoms with Crippen molar-refractivity contribution < 1.29 is 14.2 Å². The lowest BCUT2D eigenvalue weighted by Gasteiger charge is -2.20. The molecule has 0 N–H and O–H groups in total. The van der Waals surface area contributed by atoms with Gasteiger partial charge in [-0.15, -0.1) is 0 Å². The molecule has 0 amide bonds. The summed E-state index contributed by atoms with van der Waals surface area (Å²) in [5.74, 6) is 2.80. The molecule has 5 heteroatoms. The molecule has 0 heterocycles. The first-order valence-electron chi connectivity index (χ1n) is 22.8. The predicted octanol–water partition coefficient (Wildman–Crippen LogP) is 16.5. The lowest BCUT2D eigenvalue weighted by atomic mass is 9.92.